The smallest absolute Gasteiger partial charge is 0.415 e. The fourth-order valence-electron chi connectivity index (χ4n) is 7.86. The van der Waals surface area contributed by atoms with Crippen molar-refractivity contribution in [1.82, 2.24) is 10.2 Å². The van der Waals surface area contributed by atoms with E-state index in [2.05, 4.69) is 61.0 Å². The highest BCUT2D eigenvalue weighted by molar-refractivity contribution is 9.10. The minimum absolute atomic E-state index is 0.123. The van der Waals surface area contributed by atoms with Crippen LogP contribution in [0.25, 0.3) is 0 Å². The standard InChI is InChI=1S/C28H32BrNO4.C21H28BrNO2.C7H5ClO2/c1-21(22-14-16-24(29)17-15-22)30(26(31)34-25-12-8-5-9-13-25)19-18-28(33,20-27(2,3)32)23-10-6-4-7-11-23;1-16(17-9-11-19(22)12-10-17)23-14-13-21(25,15-20(2,3)24)18-7-5-4-6-8-18;8-7(9)10-6-4-2-1-3-5-6/h4-17,21,32-33H,18-20H2,1-3H3;4-12,16,23-25H,13-15H2,1-3H3;1-5H/t21-,28-;16-,21-;/m00./s1. The molecular formula is C56H65Br2ClN2O8. The Morgan fingerprint density at radius 3 is 1.35 bits per heavy atom. The SMILES string of the molecule is C[C@@H](c1ccc(Br)cc1)N(CC[C@](O)(CC(C)(C)O)c1ccccc1)C(=O)Oc1ccccc1.C[C@H](NCC[C@](O)(CC(C)(C)O)c1ccccc1)c1ccc(Br)cc1.O=C(Cl)Oc1ccccc1. The van der Waals surface area contributed by atoms with E-state index < -0.39 is 33.9 Å². The number of nitrogens with zero attached hydrogens (tertiary/aromatic N) is 1. The second-order valence-corrected chi connectivity index (χ2v) is 20.4. The second-order valence-electron chi connectivity index (χ2n) is 18.3. The van der Waals surface area contributed by atoms with E-state index >= 15 is 0 Å². The van der Waals surface area contributed by atoms with E-state index in [9.17, 15) is 30.0 Å². The molecule has 69 heavy (non-hydrogen) atoms. The predicted molar refractivity (Wildman–Crippen MR) is 282 cm³/mol. The summed E-state index contributed by atoms with van der Waals surface area (Å²) >= 11 is 11.9. The van der Waals surface area contributed by atoms with Gasteiger partial charge in [-0.1, -0.05) is 153 Å². The average molecular weight is 1090 g/mol. The quantitative estimate of drug-likeness (QED) is 0.0530. The van der Waals surface area contributed by atoms with Crippen LogP contribution < -0.4 is 14.8 Å². The van der Waals surface area contributed by atoms with Crippen LogP contribution in [0.4, 0.5) is 9.59 Å². The molecule has 4 atom stereocenters. The molecule has 368 valence electrons. The number of rotatable bonds is 18. The average Bonchev–Trinajstić information content (AvgIpc) is 3.30. The first kappa shape index (κ1) is 56.7. The van der Waals surface area contributed by atoms with Crippen LogP contribution in [0.2, 0.25) is 0 Å². The fourth-order valence-corrected chi connectivity index (χ4v) is 8.48. The Morgan fingerprint density at radius 2 is 0.942 bits per heavy atom. The lowest BCUT2D eigenvalue weighted by Gasteiger charge is -2.37. The Hall–Kier alpha value is -4.89. The summed E-state index contributed by atoms with van der Waals surface area (Å²) in [6.07, 6.45) is 0.671. The maximum atomic E-state index is 13.3. The fraction of sp³-hybridized carbons (Fsp3) is 0.321. The lowest BCUT2D eigenvalue weighted by molar-refractivity contribution is -0.0600. The van der Waals surface area contributed by atoms with Crippen LogP contribution in [-0.2, 0) is 11.2 Å². The predicted octanol–water partition coefficient (Wildman–Crippen LogP) is 13.4. The topological polar surface area (TPSA) is 149 Å². The summed E-state index contributed by atoms with van der Waals surface area (Å²) in [5.41, 5.74) is -1.56. The molecule has 0 aliphatic heterocycles. The molecule has 10 nitrogen and oxygen atoms in total. The van der Waals surface area contributed by atoms with E-state index in [1.54, 1.807) is 69.0 Å². The number of hydrogen-bond donors (Lipinski definition) is 5. The lowest BCUT2D eigenvalue weighted by atomic mass is 9.81. The van der Waals surface area contributed by atoms with Crippen LogP contribution in [-0.4, -0.2) is 61.1 Å². The van der Waals surface area contributed by atoms with Crippen molar-refractivity contribution in [1.29, 1.82) is 0 Å². The van der Waals surface area contributed by atoms with Gasteiger partial charge in [0.15, 0.2) is 0 Å². The molecule has 0 radical (unpaired) electrons. The van der Waals surface area contributed by atoms with E-state index in [-0.39, 0.29) is 31.5 Å². The summed E-state index contributed by atoms with van der Waals surface area (Å²) in [6.45, 7) is 11.7. The van der Waals surface area contributed by atoms with Gasteiger partial charge in [0.2, 0.25) is 0 Å². The van der Waals surface area contributed by atoms with E-state index in [4.69, 9.17) is 16.3 Å². The molecule has 5 N–H and O–H groups in total. The molecule has 0 unspecified atom stereocenters. The number of amides is 1. The van der Waals surface area contributed by atoms with Gasteiger partial charge in [-0.2, -0.15) is 0 Å². The zero-order valence-electron chi connectivity index (χ0n) is 40.1. The molecule has 6 rings (SSSR count). The Morgan fingerprint density at radius 1 is 0.565 bits per heavy atom. The molecule has 1 amide bonds. The first-order valence-corrected chi connectivity index (χ1v) is 24.7. The van der Waals surface area contributed by atoms with Gasteiger partial charge >= 0.3 is 11.5 Å². The number of carbonyl (C=O) groups excluding carboxylic acids is 2. The molecule has 0 bridgehead atoms. The zero-order chi connectivity index (χ0) is 50.7. The maximum absolute atomic E-state index is 13.3. The van der Waals surface area contributed by atoms with Crippen LogP contribution in [0.15, 0.2) is 179 Å². The minimum atomic E-state index is -1.33. The Labute approximate surface area is 429 Å². The summed E-state index contributed by atoms with van der Waals surface area (Å²) in [6, 6.07) is 52.4. The zero-order valence-corrected chi connectivity index (χ0v) is 44.0. The number of carbonyl (C=O) groups is 2. The van der Waals surface area contributed by atoms with Gasteiger partial charge in [0.05, 0.1) is 28.4 Å². The summed E-state index contributed by atoms with van der Waals surface area (Å²) < 4.78 is 12.2. The third-order valence-corrected chi connectivity index (χ3v) is 12.3. The van der Waals surface area contributed by atoms with Crippen molar-refractivity contribution in [3.63, 3.8) is 0 Å². The molecule has 0 spiro atoms. The van der Waals surface area contributed by atoms with Crippen LogP contribution in [0.3, 0.4) is 0 Å². The third kappa shape index (κ3) is 20.2. The van der Waals surface area contributed by atoms with Gasteiger partial charge in [0, 0.05) is 46.0 Å². The molecule has 0 fully saturated rings. The largest absolute Gasteiger partial charge is 0.415 e. The van der Waals surface area contributed by atoms with Crippen LogP contribution in [0, 0.1) is 0 Å². The highest BCUT2D eigenvalue weighted by Gasteiger charge is 2.37. The van der Waals surface area contributed by atoms with Crippen LogP contribution >= 0.6 is 43.5 Å². The van der Waals surface area contributed by atoms with Gasteiger partial charge in [0.25, 0.3) is 0 Å². The molecule has 0 heterocycles. The molecule has 6 aromatic rings. The molecule has 0 saturated heterocycles. The van der Waals surface area contributed by atoms with Crippen molar-refractivity contribution in [2.24, 2.45) is 0 Å². The summed E-state index contributed by atoms with van der Waals surface area (Å²) in [5.74, 6) is 0.915. The first-order chi connectivity index (χ1) is 32.6. The van der Waals surface area contributed by atoms with Gasteiger partial charge in [-0.05, 0) is 132 Å². The van der Waals surface area contributed by atoms with Crippen molar-refractivity contribution in [2.75, 3.05) is 13.1 Å². The van der Waals surface area contributed by atoms with Gasteiger partial charge in [-0.3, -0.25) is 0 Å². The van der Waals surface area contributed by atoms with Gasteiger partial charge < -0.3 is 40.1 Å². The number of halogens is 3. The number of para-hydroxylation sites is 2. The highest BCUT2D eigenvalue weighted by Crippen LogP contribution is 2.36. The van der Waals surface area contributed by atoms with E-state index in [0.29, 0.717) is 36.4 Å². The molecule has 6 aromatic carbocycles. The van der Waals surface area contributed by atoms with Gasteiger partial charge in [0.1, 0.15) is 11.5 Å². The lowest BCUT2D eigenvalue weighted by Crippen LogP contribution is -2.42. The molecular weight excluding hydrogens is 1020 g/mol. The maximum Gasteiger partial charge on any atom is 0.415 e. The third-order valence-electron chi connectivity index (χ3n) is 11.1. The number of benzene rings is 6. The number of nitrogens with one attached hydrogen (secondary N) is 1. The highest BCUT2D eigenvalue weighted by atomic mass is 79.9. The molecule has 0 saturated carbocycles. The first-order valence-electron chi connectivity index (χ1n) is 22.8. The number of hydrogen-bond acceptors (Lipinski definition) is 9. The normalized spacial score (nSPS) is 13.9. The molecule has 0 aliphatic rings. The van der Waals surface area contributed by atoms with Crippen molar-refractivity contribution in [3.8, 4) is 11.5 Å². The monoisotopic (exact) mass is 1090 g/mol. The van der Waals surface area contributed by atoms with Crippen molar-refractivity contribution >= 4 is 55.0 Å². The minimum Gasteiger partial charge on any atom is -0.415 e. The number of aliphatic hydroxyl groups is 4. The van der Waals surface area contributed by atoms with Gasteiger partial charge in [-0.15, -0.1) is 0 Å². The Bertz CT molecular complexity index is 2420. The van der Waals surface area contributed by atoms with E-state index in [0.717, 1.165) is 20.1 Å². The number of ether oxygens (including phenoxy) is 2. The Kier molecular flexibility index (Phi) is 22.1. The van der Waals surface area contributed by atoms with Crippen LogP contribution in [0.5, 0.6) is 11.5 Å². The van der Waals surface area contributed by atoms with E-state index in [1.807, 2.05) is 128 Å². The van der Waals surface area contributed by atoms with Gasteiger partial charge in [-0.25, -0.2) is 9.59 Å². The van der Waals surface area contributed by atoms with Crippen molar-refractivity contribution in [3.05, 3.63) is 201 Å². The molecule has 0 aliphatic carbocycles. The summed E-state index contributed by atoms with van der Waals surface area (Å²) in [4.78, 5) is 25.1. The summed E-state index contributed by atoms with van der Waals surface area (Å²) in [5, 5.41) is 47.2. The van der Waals surface area contributed by atoms with Crippen LogP contribution in [0.1, 0.15) is 102 Å². The van der Waals surface area contributed by atoms with Crippen molar-refractivity contribution in [2.45, 2.75) is 102 Å². The Balaban J connectivity index is 0.000000258. The second kappa shape index (κ2) is 26.9. The molecule has 13 heteroatoms. The van der Waals surface area contributed by atoms with Crippen molar-refractivity contribution < 1.29 is 39.5 Å². The summed E-state index contributed by atoms with van der Waals surface area (Å²) in [7, 11) is 0. The van der Waals surface area contributed by atoms with E-state index in [1.165, 1.54) is 5.56 Å². The molecule has 0 aromatic heterocycles.